The molecule has 23 heavy (non-hydrogen) atoms. The highest BCUT2D eigenvalue weighted by atomic mass is 19.2. The van der Waals surface area contributed by atoms with Crippen LogP contribution in [0.5, 0.6) is 5.75 Å². The van der Waals surface area contributed by atoms with Crippen LogP contribution in [0.25, 0.3) is 0 Å². The molecule has 2 atom stereocenters. The predicted molar refractivity (Wildman–Crippen MR) is 83.4 cm³/mol. The molecule has 1 amide bonds. The Morgan fingerprint density at radius 1 is 1.17 bits per heavy atom. The van der Waals surface area contributed by atoms with Crippen molar-refractivity contribution >= 4 is 11.6 Å². The number of halogens is 2. The van der Waals surface area contributed by atoms with E-state index < -0.39 is 11.6 Å². The van der Waals surface area contributed by atoms with Gasteiger partial charge in [-0.05, 0) is 25.1 Å². The summed E-state index contributed by atoms with van der Waals surface area (Å²) in [6, 6.07) is 10.9. The molecule has 120 valence electrons. The lowest BCUT2D eigenvalue weighted by Gasteiger charge is -2.38. The van der Waals surface area contributed by atoms with Gasteiger partial charge in [0.1, 0.15) is 11.9 Å². The van der Waals surface area contributed by atoms with Gasteiger partial charge in [-0.2, -0.15) is 0 Å². The first-order valence-electron chi connectivity index (χ1n) is 7.48. The molecule has 2 aromatic rings. The fourth-order valence-corrected chi connectivity index (χ4v) is 3.06. The molecule has 0 spiro atoms. The second kappa shape index (κ2) is 5.99. The Morgan fingerprint density at radius 3 is 2.61 bits per heavy atom. The van der Waals surface area contributed by atoms with Gasteiger partial charge in [0.15, 0.2) is 11.6 Å². The largest absolute Gasteiger partial charge is 0.485 e. The van der Waals surface area contributed by atoms with Gasteiger partial charge in [-0.1, -0.05) is 18.2 Å². The number of fused-ring (bicyclic) bond motifs is 1. The maximum atomic E-state index is 13.4. The Hall–Kier alpha value is -2.43. The minimum absolute atomic E-state index is 0.0313. The number of hydrogen-bond acceptors (Lipinski definition) is 2. The topological polar surface area (TPSA) is 29.5 Å². The summed E-state index contributed by atoms with van der Waals surface area (Å²) in [5.41, 5.74) is 1.66. The van der Waals surface area contributed by atoms with E-state index in [1.165, 1.54) is 13.0 Å². The number of benzene rings is 2. The van der Waals surface area contributed by atoms with Gasteiger partial charge in [-0.3, -0.25) is 4.79 Å². The van der Waals surface area contributed by atoms with E-state index in [9.17, 15) is 13.6 Å². The minimum atomic E-state index is -0.940. The van der Waals surface area contributed by atoms with E-state index in [2.05, 4.69) is 0 Å². The minimum Gasteiger partial charge on any atom is -0.485 e. The summed E-state index contributed by atoms with van der Waals surface area (Å²) < 4.78 is 32.3. The molecule has 2 aromatic carbocycles. The highest BCUT2D eigenvalue weighted by Gasteiger charge is 2.33. The van der Waals surface area contributed by atoms with E-state index in [1.807, 2.05) is 31.2 Å². The Kier molecular flexibility index (Phi) is 4.03. The van der Waals surface area contributed by atoms with Crippen LogP contribution in [0.4, 0.5) is 14.5 Å². The van der Waals surface area contributed by atoms with E-state index in [0.29, 0.717) is 6.42 Å². The predicted octanol–water partition coefficient (Wildman–Crippen LogP) is 4.23. The highest BCUT2D eigenvalue weighted by Crippen LogP contribution is 2.39. The second-order valence-corrected chi connectivity index (χ2v) is 5.71. The van der Waals surface area contributed by atoms with E-state index >= 15 is 0 Å². The molecule has 0 saturated heterocycles. The summed E-state index contributed by atoms with van der Waals surface area (Å²) in [6.45, 7) is 3.47. The highest BCUT2D eigenvalue weighted by molar-refractivity contribution is 5.93. The van der Waals surface area contributed by atoms with E-state index in [4.69, 9.17) is 4.74 Å². The number of nitrogens with zero attached hydrogens (tertiary/aromatic N) is 1. The fraction of sp³-hybridized carbons (Fsp3) is 0.278. The molecule has 0 N–H and O–H groups in total. The first-order valence-corrected chi connectivity index (χ1v) is 7.48. The Bertz CT molecular complexity index is 748. The zero-order valence-electron chi connectivity index (χ0n) is 12.9. The van der Waals surface area contributed by atoms with Gasteiger partial charge in [0, 0.05) is 31.0 Å². The van der Waals surface area contributed by atoms with E-state index in [0.717, 1.165) is 23.4 Å². The van der Waals surface area contributed by atoms with Gasteiger partial charge < -0.3 is 9.64 Å². The molecule has 0 aliphatic carbocycles. The summed E-state index contributed by atoms with van der Waals surface area (Å²) in [7, 11) is 0. The third kappa shape index (κ3) is 2.91. The molecule has 0 radical (unpaired) electrons. The third-order valence-corrected chi connectivity index (χ3v) is 4.05. The first-order chi connectivity index (χ1) is 11.0. The van der Waals surface area contributed by atoms with Gasteiger partial charge in [0.05, 0.1) is 5.69 Å². The van der Waals surface area contributed by atoms with E-state index in [1.54, 1.807) is 4.90 Å². The number of carbonyl (C=O) groups excluding carboxylic acids is 1. The maximum absolute atomic E-state index is 13.4. The summed E-state index contributed by atoms with van der Waals surface area (Å²) in [6.07, 6.45) is 0.261. The van der Waals surface area contributed by atoms with Crippen LogP contribution in [-0.4, -0.2) is 11.9 Å². The molecular weight excluding hydrogens is 300 g/mol. The first kappa shape index (κ1) is 15.5. The summed E-state index contributed by atoms with van der Waals surface area (Å²) in [5.74, 6) is -1.61. The van der Waals surface area contributed by atoms with Crippen LogP contribution in [0.1, 0.15) is 31.9 Å². The summed E-state index contributed by atoms with van der Waals surface area (Å²) in [5, 5.41) is 0. The molecule has 1 aliphatic heterocycles. The van der Waals surface area contributed by atoms with Crippen LogP contribution in [0.15, 0.2) is 42.5 Å². The summed E-state index contributed by atoms with van der Waals surface area (Å²) >= 11 is 0. The number of carbonyl (C=O) groups is 1. The van der Waals surface area contributed by atoms with Crippen LogP contribution in [0, 0.1) is 11.6 Å². The molecule has 5 heteroatoms. The lowest BCUT2D eigenvalue weighted by atomic mass is 9.93. The molecule has 0 saturated carbocycles. The van der Waals surface area contributed by atoms with Crippen molar-refractivity contribution in [2.75, 3.05) is 4.90 Å². The molecular formula is C18H17F2NO2. The third-order valence-electron chi connectivity index (χ3n) is 4.05. The summed E-state index contributed by atoms with van der Waals surface area (Å²) in [4.78, 5) is 13.6. The Morgan fingerprint density at radius 2 is 1.91 bits per heavy atom. The van der Waals surface area contributed by atoms with Crippen LogP contribution in [0.2, 0.25) is 0 Å². The molecule has 0 aromatic heterocycles. The number of hydrogen-bond donors (Lipinski definition) is 0. The number of amides is 1. The van der Waals surface area contributed by atoms with Gasteiger partial charge in [0.25, 0.3) is 0 Å². The quantitative estimate of drug-likeness (QED) is 0.829. The zero-order chi connectivity index (χ0) is 16.6. The van der Waals surface area contributed by atoms with Crippen LogP contribution in [-0.2, 0) is 4.79 Å². The van der Waals surface area contributed by atoms with Crippen molar-refractivity contribution in [2.45, 2.75) is 32.4 Å². The van der Waals surface area contributed by atoms with Crippen molar-refractivity contribution in [2.24, 2.45) is 0 Å². The number of anilines is 1. The lowest BCUT2D eigenvalue weighted by Crippen LogP contribution is -2.42. The molecule has 0 fully saturated rings. The smallest absolute Gasteiger partial charge is 0.224 e. The van der Waals surface area contributed by atoms with Crippen molar-refractivity contribution in [3.63, 3.8) is 0 Å². The molecule has 3 nitrogen and oxygen atoms in total. The lowest BCUT2D eigenvalue weighted by molar-refractivity contribution is -0.117. The van der Waals surface area contributed by atoms with Crippen molar-refractivity contribution in [1.29, 1.82) is 0 Å². The van der Waals surface area contributed by atoms with Crippen molar-refractivity contribution in [1.82, 2.24) is 0 Å². The van der Waals surface area contributed by atoms with Crippen LogP contribution in [0.3, 0.4) is 0 Å². The SMILES string of the molecule is CC(=O)N1c2ccccc2[C@@H](Oc2ccc(F)c(F)c2)C[C@H]1C. The normalized spacial score (nSPS) is 20.1. The fourth-order valence-electron chi connectivity index (χ4n) is 3.06. The molecule has 1 heterocycles. The van der Waals surface area contributed by atoms with Gasteiger partial charge in [-0.25, -0.2) is 8.78 Å². The average Bonchev–Trinajstić information content (AvgIpc) is 2.50. The number of rotatable bonds is 2. The van der Waals surface area contributed by atoms with Crippen molar-refractivity contribution in [3.8, 4) is 5.75 Å². The number of ether oxygens (including phenoxy) is 1. The number of para-hydroxylation sites is 1. The monoisotopic (exact) mass is 317 g/mol. The second-order valence-electron chi connectivity index (χ2n) is 5.71. The average molecular weight is 317 g/mol. The maximum Gasteiger partial charge on any atom is 0.224 e. The van der Waals surface area contributed by atoms with Crippen molar-refractivity contribution in [3.05, 3.63) is 59.7 Å². The molecule has 3 rings (SSSR count). The van der Waals surface area contributed by atoms with Gasteiger partial charge >= 0.3 is 0 Å². The molecule has 0 bridgehead atoms. The van der Waals surface area contributed by atoms with Gasteiger partial charge in [-0.15, -0.1) is 0 Å². The van der Waals surface area contributed by atoms with Gasteiger partial charge in [0.2, 0.25) is 5.91 Å². The zero-order valence-corrected chi connectivity index (χ0v) is 12.9. The van der Waals surface area contributed by atoms with Crippen LogP contribution < -0.4 is 9.64 Å². The molecule has 0 unspecified atom stereocenters. The van der Waals surface area contributed by atoms with Crippen molar-refractivity contribution < 1.29 is 18.3 Å². The van der Waals surface area contributed by atoms with Crippen LogP contribution >= 0.6 is 0 Å². The molecule has 1 aliphatic rings. The Labute approximate surface area is 133 Å². The Balaban J connectivity index is 1.95. The standard InChI is InChI=1S/C18H17F2NO2/c1-11-9-18(23-13-7-8-15(19)16(20)10-13)14-5-3-4-6-17(14)21(11)12(2)22/h3-8,10-11,18H,9H2,1-2H3/t11-,18+/m1/s1. The van der Waals surface area contributed by atoms with E-state index in [-0.39, 0.29) is 23.8 Å².